The van der Waals surface area contributed by atoms with E-state index in [2.05, 4.69) is 10.3 Å². The molecule has 4 aromatic rings. The molecule has 2 heterocycles. The zero-order valence-electron chi connectivity index (χ0n) is 15.9. The first kappa shape index (κ1) is 18.4. The largest absolute Gasteiger partial charge is 0.484 e. The topological polar surface area (TPSA) is 95.2 Å². The van der Waals surface area contributed by atoms with E-state index in [-0.39, 0.29) is 23.5 Å². The number of carbonyl (C=O) groups is 1. The number of fused-ring (bicyclic) bond motifs is 2. The van der Waals surface area contributed by atoms with Gasteiger partial charge in [0.15, 0.2) is 6.61 Å². The summed E-state index contributed by atoms with van der Waals surface area (Å²) in [4.78, 5) is 40.7. The number of nitrogens with zero attached hydrogens (tertiary/aromatic N) is 3. The molecule has 1 N–H and O–H groups in total. The number of hydrogen-bond acceptors (Lipinski definition) is 5. The molecular weight excluding hydrogens is 372 g/mol. The smallest absolute Gasteiger partial charge is 0.332 e. The number of carbonyl (C=O) groups excluding carboxylic acids is 1. The summed E-state index contributed by atoms with van der Waals surface area (Å²) in [5.74, 6) is 0.195. The molecule has 0 atom stereocenters. The predicted octanol–water partition coefficient (Wildman–Crippen LogP) is 1.80. The van der Waals surface area contributed by atoms with Gasteiger partial charge in [0.1, 0.15) is 11.4 Å². The van der Waals surface area contributed by atoms with Gasteiger partial charge in [0, 0.05) is 14.1 Å². The van der Waals surface area contributed by atoms with Gasteiger partial charge in [-0.25, -0.2) is 9.78 Å². The molecule has 0 aliphatic rings. The van der Waals surface area contributed by atoms with Crippen LogP contribution < -0.4 is 21.3 Å². The molecule has 0 radical (unpaired) electrons. The van der Waals surface area contributed by atoms with Gasteiger partial charge in [0.05, 0.1) is 17.3 Å². The van der Waals surface area contributed by atoms with Crippen LogP contribution in [-0.4, -0.2) is 26.6 Å². The van der Waals surface area contributed by atoms with Crippen LogP contribution in [0.4, 0.5) is 5.69 Å². The summed E-state index contributed by atoms with van der Waals surface area (Å²) < 4.78 is 7.85. The molecule has 0 saturated carbocycles. The van der Waals surface area contributed by atoms with E-state index in [9.17, 15) is 14.4 Å². The molecule has 0 bridgehead atoms. The summed E-state index contributed by atoms with van der Waals surface area (Å²) in [6.07, 6.45) is 1.40. The lowest BCUT2D eigenvalue weighted by atomic mass is 10.1. The number of nitrogens with one attached hydrogen (secondary N) is 1. The van der Waals surface area contributed by atoms with E-state index in [0.717, 1.165) is 15.3 Å². The van der Waals surface area contributed by atoms with Crippen LogP contribution in [0.5, 0.6) is 5.75 Å². The highest BCUT2D eigenvalue weighted by atomic mass is 16.5. The Balaban J connectivity index is 1.51. The average molecular weight is 390 g/mol. The van der Waals surface area contributed by atoms with Crippen LogP contribution in [-0.2, 0) is 18.9 Å². The van der Waals surface area contributed by atoms with Crippen LogP contribution in [0.1, 0.15) is 0 Å². The third-order valence-corrected chi connectivity index (χ3v) is 4.67. The minimum absolute atomic E-state index is 0.193. The van der Waals surface area contributed by atoms with Crippen molar-refractivity contribution in [3.05, 3.63) is 75.6 Å². The molecule has 0 saturated heterocycles. The summed E-state index contributed by atoms with van der Waals surface area (Å²) in [6.45, 7) is -0.193. The van der Waals surface area contributed by atoms with Crippen molar-refractivity contribution in [3.8, 4) is 5.75 Å². The number of aryl methyl sites for hydroxylation is 1. The van der Waals surface area contributed by atoms with Gasteiger partial charge in [0.2, 0.25) is 0 Å². The lowest BCUT2D eigenvalue weighted by molar-refractivity contribution is -0.118. The van der Waals surface area contributed by atoms with E-state index in [4.69, 9.17) is 4.74 Å². The number of benzene rings is 2. The number of rotatable bonds is 4. The Hall–Kier alpha value is -3.94. The van der Waals surface area contributed by atoms with Crippen LogP contribution in [0.3, 0.4) is 0 Å². The summed E-state index contributed by atoms with van der Waals surface area (Å²) in [6, 6.07) is 15.0. The second kappa shape index (κ2) is 7.23. The Morgan fingerprint density at radius 1 is 1.03 bits per heavy atom. The van der Waals surface area contributed by atoms with Crippen LogP contribution in [0, 0.1) is 0 Å². The Kier molecular flexibility index (Phi) is 4.59. The predicted molar refractivity (Wildman–Crippen MR) is 110 cm³/mol. The van der Waals surface area contributed by atoms with Crippen LogP contribution >= 0.6 is 0 Å². The molecule has 1 amide bonds. The molecule has 8 nitrogen and oxygen atoms in total. The molecule has 0 spiro atoms. The second-order valence-corrected chi connectivity index (χ2v) is 6.65. The molecule has 8 heteroatoms. The molecule has 146 valence electrons. The SMILES string of the molecule is Cn1c(=O)c2cc(NC(=O)COc3ccc4ccccc4c3)cnc2n(C)c1=O. The van der Waals surface area contributed by atoms with Crippen molar-refractivity contribution in [1.29, 1.82) is 0 Å². The van der Waals surface area contributed by atoms with Gasteiger partial charge < -0.3 is 10.1 Å². The lowest BCUT2D eigenvalue weighted by Gasteiger charge is -2.10. The molecule has 2 aromatic carbocycles. The number of pyridine rings is 1. The van der Waals surface area contributed by atoms with Crippen molar-refractivity contribution in [3.63, 3.8) is 0 Å². The van der Waals surface area contributed by atoms with E-state index in [1.165, 1.54) is 30.9 Å². The average Bonchev–Trinajstić information content (AvgIpc) is 2.74. The van der Waals surface area contributed by atoms with Gasteiger partial charge in [-0.1, -0.05) is 30.3 Å². The van der Waals surface area contributed by atoms with Crippen molar-refractivity contribution in [2.45, 2.75) is 0 Å². The van der Waals surface area contributed by atoms with Crippen molar-refractivity contribution in [1.82, 2.24) is 14.1 Å². The summed E-state index contributed by atoms with van der Waals surface area (Å²) in [5.41, 5.74) is -0.335. The molecule has 4 rings (SSSR count). The molecule has 29 heavy (non-hydrogen) atoms. The van der Waals surface area contributed by atoms with Crippen molar-refractivity contribution >= 4 is 33.4 Å². The summed E-state index contributed by atoms with van der Waals surface area (Å²) in [7, 11) is 2.93. The molecule has 0 aliphatic heterocycles. The quantitative estimate of drug-likeness (QED) is 0.573. The van der Waals surface area contributed by atoms with Gasteiger partial charge >= 0.3 is 5.69 Å². The first-order valence-electron chi connectivity index (χ1n) is 8.91. The molecule has 0 aliphatic carbocycles. The highest BCUT2D eigenvalue weighted by molar-refractivity contribution is 5.93. The van der Waals surface area contributed by atoms with E-state index in [0.29, 0.717) is 11.4 Å². The molecule has 2 aromatic heterocycles. The first-order valence-corrected chi connectivity index (χ1v) is 8.91. The third-order valence-electron chi connectivity index (χ3n) is 4.67. The maximum atomic E-state index is 12.3. The third kappa shape index (κ3) is 3.47. The second-order valence-electron chi connectivity index (χ2n) is 6.65. The highest BCUT2D eigenvalue weighted by Gasteiger charge is 2.12. The van der Waals surface area contributed by atoms with Gasteiger partial charge in [-0.3, -0.25) is 18.7 Å². The molecule has 0 fully saturated rings. The standard InChI is InChI=1S/C21H18N4O4/c1-24-19-17(20(27)25(2)21(24)28)10-15(11-22-19)23-18(26)12-29-16-8-7-13-5-3-4-6-14(13)9-16/h3-11H,12H2,1-2H3,(H,23,26). The molecular formula is C21H18N4O4. The van der Waals surface area contributed by atoms with Crippen LogP contribution in [0.15, 0.2) is 64.3 Å². The van der Waals surface area contributed by atoms with Gasteiger partial charge in [-0.15, -0.1) is 0 Å². The van der Waals surface area contributed by atoms with Gasteiger partial charge in [0.25, 0.3) is 11.5 Å². The summed E-state index contributed by atoms with van der Waals surface area (Å²) in [5, 5.41) is 5.00. The number of amides is 1. The van der Waals surface area contributed by atoms with E-state index >= 15 is 0 Å². The van der Waals surface area contributed by atoms with E-state index < -0.39 is 11.2 Å². The van der Waals surface area contributed by atoms with Crippen molar-refractivity contribution in [2.75, 3.05) is 11.9 Å². The number of hydrogen-bond donors (Lipinski definition) is 1. The van der Waals surface area contributed by atoms with Gasteiger partial charge in [-0.05, 0) is 29.0 Å². The fourth-order valence-electron chi connectivity index (χ4n) is 3.14. The highest BCUT2D eigenvalue weighted by Crippen LogP contribution is 2.20. The Morgan fingerprint density at radius 2 is 1.79 bits per heavy atom. The first-order chi connectivity index (χ1) is 13.9. The Morgan fingerprint density at radius 3 is 2.59 bits per heavy atom. The van der Waals surface area contributed by atoms with Crippen molar-refractivity contribution < 1.29 is 9.53 Å². The van der Waals surface area contributed by atoms with Crippen LogP contribution in [0.2, 0.25) is 0 Å². The maximum Gasteiger partial charge on any atom is 0.332 e. The fourth-order valence-corrected chi connectivity index (χ4v) is 3.14. The molecule has 0 unspecified atom stereocenters. The maximum absolute atomic E-state index is 12.3. The normalized spacial score (nSPS) is 11.0. The Bertz CT molecular complexity index is 1370. The Labute approximate surface area is 165 Å². The van der Waals surface area contributed by atoms with E-state index in [1.54, 1.807) is 6.07 Å². The zero-order valence-corrected chi connectivity index (χ0v) is 15.9. The van der Waals surface area contributed by atoms with Crippen LogP contribution in [0.25, 0.3) is 21.8 Å². The monoisotopic (exact) mass is 390 g/mol. The van der Waals surface area contributed by atoms with Gasteiger partial charge in [-0.2, -0.15) is 0 Å². The minimum Gasteiger partial charge on any atom is -0.484 e. The van der Waals surface area contributed by atoms with Crippen molar-refractivity contribution in [2.24, 2.45) is 14.1 Å². The fraction of sp³-hybridized carbons (Fsp3) is 0.143. The zero-order chi connectivity index (χ0) is 20.5. The minimum atomic E-state index is -0.473. The number of aromatic nitrogens is 3. The number of anilines is 1. The van der Waals surface area contributed by atoms with E-state index in [1.807, 2.05) is 36.4 Å². The lowest BCUT2D eigenvalue weighted by Crippen LogP contribution is -2.37. The number of ether oxygens (including phenoxy) is 1. The summed E-state index contributed by atoms with van der Waals surface area (Å²) >= 11 is 0.